The van der Waals surface area contributed by atoms with Crippen molar-refractivity contribution in [1.29, 1.82) is 0 Å². The summed E-state index contributed by atoms with van der Waals surface area (Å²) in [5, 5.41) is 5.91. The van der Waals surface area contributed by atoms with Crippen molar-refractivity contribution in [2.45, 2.75) is 118 Å². The molecule has 1 saturated carbocycles. The second-order valence-electron chi connectivity index (χ2n) is 11.5. The number of rotatable bonds is 11. The summed E-state index contributed by atoms with van der Waals surface area (Å²) < 4.78 is 5.48. The van der Waals surface area contributed by atoms with Crippen LogP contribution < -0.4 is 10.6 Å². The van der Waals surface area contributed by atoms with E-state index in [1.165, 1.54) is 0 Å². The number of amides is 3. The average Bonchev–Trinajstić information content (AvgIpc) is 2.71. The fraction of sp³-hybridized carbons (Fsp3) is 0.690. The quantitative estimate of drug-likeness (QED) is 0.387. The highest BCUT2D eigenvalue weighted by Gasteiger charge is 2.42. The van der Waals surface area contributed by atoms with Crippen molar-refractivity contribution < 1.29 is 19.1 Å². The van der Waals surface area contributed by atoms with Crippen molar-refractivity contribution in [2.75, 3.05) is 6.54 Å². The van der Waals surface area contributed by atoms with E-state index in [9.17, 15) is 14.4 Å². The zero-order valence-electron chi connectivity index (χ0n) is 23.6. The molecule has 1 aromatic rings. The average molecular weight is 502 g/mol. The van der Waals surface area contributed by atoms with E-state index in [2.05, 4.69) is 17.6 Å². The van der Waals surface area contributed by atoms with E-state index < -0.39 is 23.8 Å². The summed E-state index contributed by atoms with van der Waals surface area (Å²) in [6.07, 6.45) is 4.38. The number of alkyl carbamates (subject to hydrolysis) is 1. The van der Waals surface area contributed by atoms with Crippen molar-refractivity contribution in [2.24, 2.45) is 5.92 Å². The number of benzene rings is 1. The Labute approximate surface area is 217 Å². The van der Waals surface area contributed by atoms with Gasteiger partial charge in [-0.3, -0.25) is 9.59 Å². The third-order valence-corrected chi connectivity index (χ3v) is 6.59. The van der Waals surface area contributed by atoms with Crippen LogP contribution in [-0.4, -0.2) is 47.0 Å². The third-order valence-electron chi connectivity index (χ3n) is 6.59. The summed E-state index contributed by atoms with van der Waals surface area (Å²) in [6, 6.07) is 4.37. The van der Waals surface area contributed by atoms with Crippen LogP contribution in [0.3, 0.4) is 0 Å². The van der Waals surface area contributed by atoms with Crippen LogP contribution in [-0.2, 0) is 14.3 Å². The van der Waals surface area contributed by atoms with Crippen molar-refractivity contribution in [1.82, 2.24) is 15.5 Å². The van der Waals surface area contributed by atoms with Crippen LogP contribution >= 0.6 is 0 Å². The molecule has 202 valence electrons. The SMILES string of the molecule is CCCCNC(=O)C(c1c(C)cccc1C)N(C(=O)C(CC(C)C)NC(=O)OC(C)(C)C)C1CCC1. The van der Waals surface area contributed by atoms with E-state index in [1.54, 1.807) is 25.7 Å². The van der Waals surface area contributed by atoms with Gasteiger partial charge in [0, 0.05) is 12.6 Å². The first kappa shape index (κ1) is 29.7. The van der Waals surface area contributed by atoms with Crippen molar-refractivity contribution in [3.63, 3.8) is 0 Å². The van der Waals surface area contributed by atoms with Gasteiger partial charge < -0.3 is 20.3 Å². The number of unbranched alkanes of at least 4 members (excludes halogenated alkanes) is 1. The molecular formula is C29H47N3O4. The zero-order valence-corrected chi connectivity index (χ0v) is 23.6. The molecule has 2 rings (SSSR count). The number of hydrogen-bond acceptors (Lipinski definition) is 4. The monoisotopic (exact) mass is 501 g/mol. The molecule has 0 saturated heterocycles. The first-order valence-electron chi connectivity index (χ1n) is 13.5. The minimum atomic E-state index is -0.782. The number of aryl methyl sites for hydroxylation is 2. The molecule has 1 aliphatic rings. The molecule has 7 heteroatoms. The molecule has 0 bridgehead atoms. The highest BCUT2D eigenvalue weighted by Crippen LogP contribution is 2.36. The van der Waals surface area contributed by atoms with Crippen molar-refractivity contribution in [3.05, 3.63) is 34.9 Å². The Hall–Kier alpha value is -2.57. The van der Waals surface area contributed by atoms with E-state index in [-0.39, 0.29) is 23.8 Å². The van der Waals surface area contributed by atoms with Crippen LogP contribution in [0.15, 0.2) is 18.2 Å². The Balaban J connectivity index is 2.52. The number of nitrogens with one attached hydrogen (secondary N) is 2. The first-order valence-corrected chi connectivity index (χ1v) is 13.5. The number of hydrogen-bond donors (Lipinski definition) is 2. The molecule has 1 aliphatic carbocycles. The largest absolute Gasteiger partial charge is 0.444 e. The van der Waals surface area contributed by atoms with E-state index in [0.29, 0.717) is 13.0 Å². The van der Waals surface area contributed by atoms with E-state index in [0.717, 1.165) is 48.8 Å². The molecule has 0 radical (unpaired) electrons. The van der Waals surface area contributed by atoms with Gasteiger partial charge in [-0.25, -0.2) is 4.79 Å². The molecular weight excluding hydrogens is 454 g/mol. The van der Waals surface area contributed by atoms with Gasteiger partial charge in [0.15, 0.2) is 0 Å². The van der Waals surface area contributed by atoms with Gasteiger partial charge in [0.05, 0.1) is 0 Å². The lowest BCUT2D eigenvalue weighted by molar-refractivity contribution is -0.147. The summed E-state index contributed by atoms with van der Waals surface area (Å²) in [5.74, 6) is -0.228. The highest BCUT2D eigenvalue weighted by molar-refractivity contribution is 5.93. The molecule has 1 fully saturated rings. The predicted octanol–water partition coefficient (Wildman–Crippen LogP) is 5.58. The lowest BCUT2D eigenvalue weighted by Crippen LogP contribution is -2.58. The number of carbonyl (C=O) groups is 3. The Bertz CT molecular complexity index is 882. The molecule has 1 aromatic carbocycles. The second kappa shape index (κ2) is 13.1. The Morgan fingerprint density at radius 2 is 1.72 bits per heavy atom. The third kappa shape index (κ3) is 8.24. The van der Waals surface area contributed by atoms with Gasteiger partial charge in [0.1, 0.15) is 17.7 Å². The van der Waals surface area contributed by atoms with Crippen LogP contribution in [0.4, 0.5) is 4.79 Å². The summed E-state index contributed by atoms with van der Waals surface area (Å²) in [5.41, 5.74) is 2.14. The fourth-order valence-electron chi connectivity index (χ4n) is 4.65. The molecule has 36 heavy (non-hydrogen) atoms. The summed E-state index contributed by atoms with van der Waals surface area (Å²) >= 11 is 0. The van der Waals surface area contributed by atoms with Gasteiger partial charge in [0.2, 0.25) is 11.8 Å². The normalized spacial score (nSPS) is 15.6. The van der Waals surface area contributed by atoms with E-state index in [4.69, 9.17) is 4.74 Å². The van der Waals surface area contributed by atoms with Crippen LogP contribution in [0, 0.1) is 19.8 Å². The molecule has 0 spiro atoms. The van der Waals surface area contributed by atoms with Crippen LogP contribution in [0.2, 0.25) is 0 Å². The van der Waals surface area contributed by atoms with Gasteiger partial charge >= 0.3 is 6.09 Å². The van der Waals surface area contributed by atoms with Crippen LogP contribution in [0.25, 0.3) is 0 Å². The Kier molecular flexibility index (Phi) is 10.8. The Morgan fingerprint density at radius 3 is 2.19 bits per heavy atom. The van der Waals surface area contributed by atoms with Crippen molar-refractivity contribution >= 4 is 17.9 Å². The number of carbonyl (C=O) groups excluding carboxylic acids is 3. The minimum absolute atomic E-state index is 0.0477. The number of nitrogens with zero attached hydrogens (tertiary/aromatic N) is 1. The lowest BCUT2D eigenvalue weighted by Gasteiger charge is -2.44. The lowest BCUT2D eigenvalue weighted by atomic mass is 9.85. The zero-order chi connectivity index (χ0) is 27.0. The summed E-state index contributed by atoms with van der Waals surface area (Å²) in [7, 11) is 0. The van der Waals surface area contributed by atoms with Crippen molar-refractivity contribution in [3.8, 4) is 0 Å². The molecule has 7 nitrogen and oxygen atoms in total. The van der Waals surface area contributed by atoms with E-state index in [1.807, 2.05) is 45.9 Å². The standard InChI is InChI=1S/C29H47N3O4/c1-9-10-17-30-26(33)25(24-20(4)13-11-14-21(24)5)32(22-15-12-16-22)27(34)23(18-19(2)3)31-28(35)36-29(6,7)8/h11,13-14,19,22-23,25H,9-10,12,15-18H2,1-8H3,(H,30,33)(H,31,35). The first-order chi connectivity index (χ1) is 16.9. The molecule has 0 aliphatic heterocycles. The molecule has 0 heterocycles. The predicted molar refractivity (Wildman–Crippen MR) is 144 cm³/mol. The second-order valence-corrected chi connectivity index (χ2v) is 11.5. The topological polar surface area (TPSA) is 87.7 Å². The maximum atomic E-state index is 14.3. The molecule has 2 atom stereocenters. The summed E-state index contributed by atoms with van der Waals surface area (Å²) in [4.78, 5) is 42.5. The van der Waals surface area contributed by atoms with Crippen LogP contribution in [0.1, 0.15) is 103 Å². The smallest absolute Gasteiger partial charge is 0.408 e. The van der Waals surface area contributed by atoms with Crippen LogP contribution in [0.5, 0.6) is 0 Å². The van der Waals surface area contributed by atoms with Gasteiger partial charge in [-0.15, -0.1) is 0 Å². The Morgan fingerprint density at radius 1 is 1.11 bits per heavy atom. The highest BCUT2D eigenvalue weighted by atomic mass is 16.6. The molecule has 2 unspecified atom stereocenters. The maximum Gasteiger partial charge on any atom is 0.408 e. The van der Waals surface area contributed by atoms with Gasteiger partial charge in [-0.1, -0.05) is 45.4 Å². The molecule has 2 N–H and O–H groups in total. The molecule has 0 aromatic heterocycles. The van der Waals surface area contributed by atoms with Gasteiger partial charge in [0.25, 0.3) is 0 Å². The summed E-state index contributed by atoms with van der Waals surface area (Å²) in [6.45, 7) is 16.0. The molecule has 3 amide bonds. The fourth-order valence-corrected chi connectivity index (χ4v) is 4.65. The van der Waals surface area contributed by atoms with Gasteiger partial charge in [-0.05, 0) is 89.3 Å². The minimum Gasteiger partial charge on any atom is -0.444 e. The number of ether oxygens (including phenoxy) is 1. The van der Waals surface area contributed by atoms with E-state index >= 15 is 0 Å². The maximum absolute atomic E-state index is 14.3. The van der Waals surface area contributed by atoms with Gasteiger partial charge in [-0.2, -0.15) is 0 Å².